The molecule has 2 amide bonds. The summed E-state index contributed by atoms with van der Waals surface area (Å²) in [5.41, 5.74) is 1.71. The molecule has 0 radical (unpaired) electrons. The highest BCUT2D eigenvalue weighted by Gasteiger charge is 2.23. The van der Waals surface area contributed by atoms with Crippen LogP contribution in [0.5, 0.6) is 0 Å². The van der Waals surface area contributed by atoms with Gasteiger partial charge in [0.15, 0.2) is 6.61 Å². The van der Waals surface area contributed by atoms with E-state index in [4.69, 9.17) is 16.3 Å². The Morgan fingerprint density at radius 2 is 1.86 bits per heavy atom. The van der Waals surface area contributed by atoms with Crippen LogP contribution in [0.15, 0.2) is 54.6 Å². The van der Waals surface area contributed by atoms with Crippen LogP contribution in [0.1, 0.15) is 28.8 Å². The van der Waals surface area contributed by atoms with Gasteiger partial charge in [-0.05, 0) is 54.8 Å². The lowest BCUT2D eigenvalue weighted by Gasteiger charge is -2.08. The van der Waals surface area contributed by atoms with Gasteiger partial charge in [0, 0.05) is 28.4 Å². The van der Waals surface area contributed by atoms with Crippen molar-refractivity contribution in [2.75, 3.05) is 11.9 Å². The van der Waals surface area contributed by atoms with E-state index in [0.717, 1.165) is 18.4 Å². The Kier molecular flexibility index (Phi) is 6.45. The molecule has 144 valence electrons. The number of halogens is 1. The minimum atomic E-state index is -0.636. The molecule has 2 N–H and O–H groups in total. The Hall–Kier alpha value is -3.12. The zero-order chi connectivity index (χ0) is 19.9. The highest BCUT2D eigenvalue weighted by molar-refractivity contribution is 6.30. The van der Waals surface area contributed by atoms with Crippen LogP contribution < -0.4 is 10.6 Å². The first-order chi connectivity index (χ1) is 13.5. The lowest BCUT2D eigenvalue weighted by molar-refractivity contribution is -0.142. The van der Waals surface area contributed by atoms with E-state index in [1.54, 1.807) is 54.6 Å². The van der Waals surface area contributed by atoms with Gasteiger partial charge in [-0.1, -0.05) is 29.8 Å². The molecule has 2 aromatic carbocycles. The van der Waals surface area contributed by atoms with E-state index in [1.165, 1.54) is 6.08 Å². The molecule has 0 saturated heterocycles. The van der Waals surface area contributed by atoms with E-state index >= 15 is 0 Å². The Morgan fingerprint density at radius 3 is 2.57 bits per heavy atom. The molecule has 1 aliphatic carbocycles. The number of esters is 1. The van der Waals surface area contributed by atoms with Crippen LogP contribution in [0.4, 0.5) is 5.69 Å². The molecule has 1 aliphatic rings. The SMILES string of the molecule is O=C(COC(=O)/C=C/c1ccc(Cl)cc1)Nc1cccc(C(=O)NC2CC2)c1. The third kappa shape index (κ3) is 6.25. The topological polar surface area (TPSA) is 84.5 Å². The number of hydrogen-bond acceptors (Lipinski definition) is 4. The van der Waals surface area contributed by atoms with Gasteiger partial charge in [-0.25, -0.2) is 4.79 Å². The molecule has 2 aromatic rings. The summed E-state index contributed by atoms with van der Waals surface area (Å²) in [7, 11) is 0. The standard InChI is InChI=1S/C21H19ClN2O4/c22-16-7-4-14(5-8-16)6-11-20(26)28-13-19(25)23-18-3-1-2-15(12-18)21(27)24-17-9-10-17/h1-8,11-12,17H,9-10,13H2,(H,23,25)(H,24,27)/b11-6+. The Bertz CT molecular complexity index is 905. The first kappa shape index (κ1) is 19.6. The fourth-order valence-electron chi connectivity index (χ4n) is 2.35. The molecular formula is C21H19ClN2O4. The molecule has 0 atom stereocenters. The average Bonchev–Trinajstić information content (AvgIpc) is 3.50. The van der Waals surface area contributed by atoms with E-state index in [-0.39, 0.29) is 11.9 Å². The highest BCUT2D eigenvalue weighted by atomic mass is 35.5. The lowest BCUT2D eigenvalue weighted by Crippen LogP contribution is -2.25. The van der Waals surface area contributed by atoms with Gasteiger partial charge < -0.3 is 15.4 Å². The molecule has 0 unspecified atom stereocenters. The van der Waals surface area contributed by atoms with Crippen LogP contribution in [0.2, 0.25) is 5.02 Å². The molecule has 0 spiro atoms. The summed E-state index contributed by atoms with van der Waals surface area (Å²) < 4.78 is 4.92. The minimum absolute atomic E-state index is 0.169. The zero-order valence-corrected chi connectivity index (χ0v) is 15.7. The van der Waals surface area contributed by atoms with E-state index in [9.17, 15) is 14.4 Å². The van der Waals surface area contributed by atoms with Crippen LogP contribution >= 0.6 is 11.6 Å². The maximum absolute atomic E-state index is 12.0. The summed E-state index contributed by atoms with van der Waals surface area (Å²) in [6, 6.07) is 13.8. The summed E-state index contributed by atoms with van der Waals surface area (Å²) in [5, 5.41) is 6.09. The van der Waals surface area contributed by atoms with Crippen LogP contribution in [-0.4, -0.2) is 30.4 Å². The normalized spacial score (nSPS) is 13.2. The van der Waals surface area contributed by atoms with Crippen molar-refractivity contribution in [1.29, 1.82) is 0 Å². The van der Waals surface area contributed by atoms with Gasteiger partial charge in [0.2, 0.25) is 0 Å². The highest BCUT2D eigenvalue weighted by Crippen LogP contribution is 2.20. The van der Waals surface area contributed by atoms with Crippen molar-refractivity contribution >= 4 is 41.1 Å². The number of anilines is 1. The molecule has 28 heavy (non-hydrogen) atoms. The number of rotatable bonds is 7. The number of benzene rings is 2. The molecular weight excluding hydrogens is 380 g/mol. The van der Waals surface area contributed by atoms with E-state index < -0.39 is 18.5 Å². The summed E-state index contributed by atoms with van der Waals surface area (Å²) in [4.78, 5) is 35.7. The molecule has 0 bridgehead atoms. The average molecular weight is 399 g/mol. The fourth-order valence-corrected chi connectivity index (χ4v) is 2.48. The number of nitrogens with one attached hydrogen (secondary N) is 2. The summed E-state index contributed by atoms with van der Waals surface area (Å²) in [6.07, 6.45) is 4.80. The molecule has 0 heterocycles. The van der Waals surface area contributed by atoms with Gasteiger partial charge in [-0.3, -0.25) is 9.59 Å². The summed E-state index contributed by atoms with van der Waals surface area (Å²) >= 11 is 5.79. The van der Waals surface area contributed by atoms with Crippen LogP contribution in [0, 0.1) is 0 Å². The van der Waals surface area contributed by atoms with Crippen LogP contribution in [0.3, 0.4) is 0 Å². The third-order valence-corrected chi connectivity index (χ3v) is 4.20. The molecule has 0 aromatic heterocycles. The molecule has 1 saturated carbocycles. The van der Waals surface area contributed by atoms with Crippen molar-refractivity contribution in [3.05, 3.63) is 70.8 Å². The van der Waals surface area contributed by atoms with Crippen LogP contribution in [0.25, 0.3) is 6.08 Å². The number of carbonyl (C=O) groups excluding carboxylic acids is 3. The number of ether oxygens (including phenoxy) is 1. The summed E-state index contributed by atoms with van der Waals surface area (Å²) in [6.45, 7) is -0.428. The Balaban J connectivity index is 1.46. The van der Waals surface area contributed by atoms with Crippen LogP contribution in [-0.2, 0) is 14.3 Å². The Morgan fingerprint density at radius 1 is 1.11 bits per heavy atom. The first-order valence-electron chi connectivity index (χ1n) is 8.81. The minimum Gasteiger partial charge on any atom is -0.452 e. The molecule has 6 nitrogen and oxygen atoms in total. The van der Waals surface area contributed by atoms with E-state index in [2.05, 4.69) is 10.6 Å². The second-order valence-corrected chi connectivity index (χ2v) is 6.81. The van der Waals surface area contributed by atoms with E-state index in [0.29, 0.717) is 16.3 Å². The maximum Gasteiger partial charge on any atom is 0.331 e. The second kappa shape index (κ2) is 9.19. The zero-order valence-electron chi connectivity index (χ0n) is 15.0. The van der Waals surface area contributed by atoms with Crippen molar-refractivity contribution in [2.45, 2.75) is 18.9 Å². The quantitative estimate of drug-likeness (QED) is 0.552. The Labute approximate surface area is 167 Å². The summed E-state index contributed by atoms with van der Waals surface area (Å²) in [5.74, 6) is -1.30. The third-order valence-electron chi connectivity index (χ3n) is 3.95. The molecule has 3 rings (SSSR count). The van der Waals surface area contributed by atoms with Gasteiger partial charge in [0.05, 0.1) is 0 Å². The predicted octanol–water partition coefficient (Wildman–Crippen LogP) is 3.43. The lowest BCUT2D eigenvalue weighted by atomic mass is 10.2. The van der Waals surface area contributed by atoms with Crippen molar-refractivity contribution in [3.63, 3.8) is 0 Å². The van der Waals surface area contributed by atoms with Gasteiger partial charge in [0.25, 0.3) is 11.8 Å². The van der Waals surface area contributed by atoms with Gasteiger partial charge in [0.1, 0.15) is 0 Å². The fraction of sp³-hybridized carbons (Fsp3) is 0.190. The second-order valence-electron chi connectivity index (χ2n) is 6.37. The van der Waals surface area contributed by atoms with E-state index in [1.807, 2.05) is 0 Å². The predicted molar refractivity (Wildman–Crippen MR) is 107 cm³/mol. The van der Waals surface area contributed by atoms with Gasteiger partial charge in [-0.2, -0.15) is 0 Å². The van der Waals surface area contributed by atoms with Crippen molar-refractivity contribution in [3.8, 4) is 0 Å². The monoisotopic (exact) mass is 398 g/mol. The van der Waals surface area contributed by atoms with Gasteiger partial charge >= 0.3 is 5.97 Å². The largest absolute Gasteiger partial charge is 0.452 e. The number of amides is 2. The maximum atomic E-state index is 12.0. The van der Waals surface area contributed by atoms with Crippen molar-refractivity contribution in [1.82, 2.24) is 5.32 Å². The van der Waals surface area contributed by atoms with Gasteiger partial charge in [-0.15, -0.1) is 0 Å². The molecule has 0 aliphatic heterocycles. The van der Waals surface area contributed by atoms with Crippen molar-refractivity contribution < 1.29 is 19.1 Å². The molecule has 1 fully saturated rings. The first-order valence-corrected chi connectivity index (χ1v) is 9.18. The number of hydrogen-bond donors (Lipinski definition) is 2. The smallest absolute Gasteiger partial charge is 0.331 e. The number of carbonyl (C=O) groups is 3. The molecule has 7 heteroatoms. The van der Waals surface area contributed by atoms with Crippen molar-refractivity contribution in [2.24, 2.45) is 0 Å².